The lowest BCUT2D eigenvalue weighted by atomic mass is 10.2. The minimum atomic E-state index is -0.342. The molecule has 0 aliphatic rings. The third-order valence-electron chi connectivity index (χ3n) is 4.20. The summed E-state index contributed by atoms with van der Waals surface area (Å²) in [5.74, 6) is 0.583. The van der Waals surface area contributed by atoms with Crippen molar-refractivity contribution in [2.75, 3.05) is 13.7 Å². The number of hydrogen-bond acceptors (Lipinski definition) is 6. The molecule has 2 N–H and O–H groups in total. The van der Waals surface area contributed by atoms with Crippen molar-refractivity contribution >= 4 is 34.8 Å². The largest absolute Gasteiger partial charge is 0.491 e. The number of nitrogens with zero attached hydrogens (tertiary/aromatic N) is 2. The number of carbonyl (C=O) groups excluding carboxylic acids is 1. The summed E-state index contributed by atoms with van der Waals surface area (Å²) in [6, 6.07) is 10.6. The van der Waals surface area contributed by atoms with Crippen LogP contribution in [0.25, 0.3) is 11.0 Å². The zero-order valence-electron chi connectivity index (χ0n) is 16.6. The first-order valence-electron chi connectivity index (χ1n) is 9.32. The molecule has 2 aromatic carbocycles. The van der Waals surface area contributed by atoms with Gasteiger partial charge in [0.15, 0.2) is 11.5 Å². The highest BCUT2D eigenvalue weighted by Crippen LogP contribution is 2.35. The Kier molecular flexibility index (Phi) is 7.03. The average Bonchev–Trinajstić information content (AvgIpc) is 2.72. The number of hydrogen-bond donors (Lipinski definition) is 2. The van der Waals surface area contributed by atoms with Gasteiger partial charge in [0.2, 0.25) is 5.91 Å². The summed E-state index contributed by atoms with van der Waals surface area (Å²) in [4.78, 5) is 31.3. The number of ether oxygens (including phenoxy) is 2. The lowest BCUT2D eigenvalue weighted by molar-refractivity contribution is -0.121. The maximum atomic E-state index is 12.1. The van der Waals surface area contributed by atoms with Gasteiger partial charge in [-0.1, -0.05) is 23.7 Å². The summed E-state index contributed by atoms with van der Waals surface area (Å²) in [5, 5.41) is 4.31. The van der Waals surface area contributed by atoms with Crippen LogP contribution >= 0.6 is 11.6 Å². The number of fused-ring (bicyclic) bond motifs is 1. The van der Waals surface area contributed by atoms with E-state index in [1.165, 1.54) is 13.3 Å². The van der Waals surface area contributed by atoms with Crippen molar-refractivity contribution in [3.05, 3.63) is 63.0 Å². The van der Waals surface area contributed by atoms with Gasteiger partial charge in [-0.05, 0) is 36.8 Å². The molecule has 9 heteroatoms. The molecule has 0 saturated heterocycles. The fourth-order valence-electron chi connectivity index (χ4n) is 2.83. The van der Waals surface area contributed by atoms with Crippen molar-refractivity contribution < 1.29 is 14.3 Å². The van der Waals surface area contributed by atoms with Crippen molar-refractivity contribution in [2.45, 2.75) is 19.8 Å². The molecule has 3 aromatic rings. The Morgan fingerprint density at radius 3 is 2.90 bits per heavy atom. The summed E-state index contributed by atoms with van der Waals surface area (Å²) in [6.07, 6.45) is 1.72. The molecule has 0 fully saturated rings. The second-order valence-electron chi connectivity index (χ2n) is 6.29. The lowest BCUT2D eigenvalue weighted by Gasteiger charge is -2.11. The number of methoxy groups -OCH3 is 1. The van der Waals surface area contributed by atoms with E-state index in [0.29, 0.717) is 45.4 Å². The van der Waals surface area contributed by atoms with Crippen LogP contribution < -0.4 is 20.5 Å². The molecule has 0 aliphatic carbocycles. The Balaban J connectivity index is 1.61. The van der Waals surface area contributed by atoms with Gasteiger partial charge in [0.1, 0.15) is 5.69 Å². The molecule has 1 heterocycles. The van der Waals surface area contributed by atoms with Crippen LogP contribution in [0.15, 0.2) is 46.3 Å². The molecule has 8 nitrogen and oxygen atoms in total. The van der Waals surface area contributed by atoms with E-state index in [9.17, 15) is 9.59 Å². The predicted octanol–water partition coefficient (Wildman–Crippen LogP) is 3.07. The summed E-state index contributed by atoms with van der Waals surface area (Å²) < 4.78 is 10.7. The Labute approximate surface area is 177 Å². The standard InChI is InChI=1S/C21H21ClN4O4/c1-3-30-18-11-13(10-14(22)20(18)29-2)12-23-26-19(27)9-8-17-21(28)25-16-7-5-4-6-15(16)24-17/h4-7,10-12H,3,8-9H2,1-2H3,(H,25,28)(H,26,27)/b23-12-. The number of para-hydroxylation sites is 2. The average molecular weight is 429 g/mol. The van der Waals surface area contributed by atoms with E-state index < -0.39 is 0 Å². The van der Waals surface area contributed by atoms with Crippen LogP contribution in [0.2, 0.25) is 5.02 Å². The van der Waals surface area contributed by atoms with Gasteiger partial charge in [0, 0.05) is 12.8 Å². The molecule has 3 rings (SSSR count). The first-order valence-corrected chi connectivity index (χ1v) is 9.69. The van der Waals surface area contributed by atoms with Crippen LogP contribution in [0.3, 0.4) is 0 Å². The number of benzene rings is 2. The van der Waals surface area contributed by atoms with Crippen molar-refractivity contribution in [3.63, 3.8) is 0 Å². The Morgan fingerprint density at radius 2 is 2.13 bits per heavy atom. The van der Waals surface area contributed by atoms with Crippen molar-refractivity contribution in [1.82, 2.24) is 15.4 Å². The van der Waals surface area contributed by atoms with Gasteiger partial charge in [0.25, 0.3) is 5.56 Å². The molecule has 30 heavy (non-hydrogen) atoms. The summed E-state index contributed by atoms with van der Waals surface area (Å²) >= 11 is 6.19. The van der Waals surface area contributed by atoms with E-state index in [4.69, 9.17) is 21.1 Å². The van der Waals surface area contributed by atoms with Crippen LogP contribution in [0, 0.1) is 0 Å². The number of aryl methyl sites for hydroxylation is 1. The molecule has 0 aliphatic heterocycles. The van der Waals surface area contributed by atoms with E-state index in [0.717, 1.165) is 0 Å². The quantitative estimate of drug-likeness (QED) is 0.423. The van der Waals surface area contributed by atoms with Gasteiger partial charge in [-0.25, -0.2) is 10.4 Å². The van der Waals surface area contributed by atoms with Crippen LogP contribution in [0.4, 0.5) is 0 Å². The highest BCUT2D eigenvalue weighted by atomic mass is 35.5. The van der Waals surface area contributed by atoms with E-state index >= 15 is 0 Å². The smallest absolute Gasteiger partial charge is 0.270 e. The minimum absolute atomic E-state index is 0.0688. The van der Waals surface area contributed by atoms with Gasteiger partial charge < -0.3 is 14.5 Å². The number of hydrazone groups is 1. The number of halogens is 1. The third kappa shape index (κ3) is 5.15. The van der Waals surface area contributed by atoms with E-state index in [1.807, 2.05) is 19.1 Å². The third-order valence-corrected chi connectivity index (χ3v) is 4.48. The Morgan fingerprint density at radius 1 is 1.33 bits per heavy atom. The normalized spacial score (nSPS) is 11.0. The first-order chi connectivity index (χ1) is 14.5. The van der Waals surface area contributed by atoms with E-state index in [-0.39, 0.29) is 24.3 Å². The van der Waals surface area contributed by atoms with Gasteiger partial charge in [0.05, 0.1) is 36.0 Å². The van der Waals surface area contributed by atoms with Crippen molar-refractivity contribution in [1.29, 1.82) is 0 Å². The molecule has 0 bridgehead atoms. The van der Waals surface area contributed by atoms with Crippen LogP contribution in [-0.2, 0) is 11.2 Å². The number of rotatable bonds is 8. The monoisotopic (exact) mass is 428 g/mol. The second-order valence-corrected chi connectivity index (χ2v) is 6.70. The molecule has 1 aromatic heterocycles. The molecule has 0 radical (unpaired) electrons. The van der Waals surface area contributed by atoms with Gasteiger partial charge >= 0.3 is 0 Å². The lowest BCUT2D eigenvalue weighted by Crippen LogP contribution is -2.21. The SMILES string of the molecule is CCOc1cc(/C=N\NC(=O)CCc2nc3ccccc3[nH]c2=O)cc(Cl)c1OC. The minimum Gasteiger partial charge on any atom is -0.491 e. The van der Waals surface area contributed by atoms with E-state index in [2.05, 4.69) is 20.5 Å². The highest BCUT2D eigenvalue weighted by Gasteiger charge is 2.11. The fraction of sp³-hybridized carbons (Fsp3) is 0.238. The molecule has 156 valence electrons. The summed E-state index contributed by atoms with van der Waals surface area (Å²) in [6.45, 7) is 2.30. The number of nitrogens with one attached hydrogen (secondary N) is 2. The Bertz CT molecular complexity index is 1140. The number of carbonyl (C=O) groups is 1. The molecule has 1 amide bonds. The molecule has 0 atom stereocenters. The van der Waals surface area contributed by atoms with Gasteiger partial charge in [-0.15, -0.1) is 0 Å². The fourth-order valence-corrected chi connectivity index (χ4v) is 3.12. The topological polar surface area (TPSA) is 106 Å². The van der Waals surface area contributed by atoms with Crippen LogP contribution in [-0.4, -0.2) is 35.8 Å². The van der Waals surface area contributed by atoms with Crippen molar-refractivity contribution in [3.8, 4) is 11.5 Å². The molecule has 0 saturated carbocycles. The van der Waals surface area contributed by atoms with Gasteiger partial charge in [-0.2, -0.15) is 5.10 Å². The molecular weight excluding hydrogens is 408 g/mol. The second kappa shape index (κ2) is 9.89. The van der Waals surface area contributed by atoms with Crippen molar-refractivity contribution in [2.24, 2.45) is 5.10 Å². The zero-order valence-corrected chi connectivity index (χ0v) is 17.3. The van der Waals surface area contributed by atoms with Crippen LogP contribution in [0.1, 0.15) is 24.6 Å². The number of aromatic amines is 1. The maximum Gasteiger partial charge on any atom is 0.270 e. The molecule has 0 spiro atoms. The highest BCUT2D eigenvalue weighted by molar-refractivity contribution is 6.32. The molecular formula is C21H21ClN4O4. The summed E-state index contributed by atoms with van der Waals surface area (Å²) in [5.41, 5.74) is 4.40. The molecule has 0 unspecified atom stereocenters. The number of amides is 1. The summed E-state index contributed by atoms with van der Waals surface area (Å²) in [7, 11) is 1.51. The predicted molar refractivity (Wildman–Crippen MR) is 116 cm³/mol. The Hall–Kier alpha value is -3.39. The maximum absolute atomic E-state index is 12.1. The zero-order chi connectivity index (χ0) is 21.5. The first kappa shape index (κ1) is 21.3. The van der Waals surface area contributed by atoms with E-state index in [1.54, 1.807) is 24.3 Å². The van der Waals surface area contributed by atoms with Crippen LogP contribution in [0.5, 0.6) is 11.5 Å². The number of aromatic nitrogens is 2. The number of H-pyrrole nitrogens is 1. The van der Waals surface area contributed by atoms with Gasteiger partial charge in [-0.3, -0.25) is 9.59 Å².